The van der Waals surface area contributed by atoms with Gasteiger partial charge in [0.05, 0.1) is 12.7 Å². The molecule has 0 amide bonds. The second-order valence-corrected chi connectivity index (χ2v) is 4.37. The molecule has 0 bridgehead atoms. The van der Waals surface area contributed by atoms with Crippen LogP contribution in [0, 0.1) is 0 Å². The molecular formula is C13H21N3O. The Morgan fingerprint density at radius 3 is 3.24 bits per heavy atom. The Morgan fingerprint density at radius 1 is 1.59 bits per heavy atom. The lowest BCUT2D eigenvalue weighted by Gasteiger charge is -2.34. The van der Waals surface area contributed by atoms with E-state index in [1.807, 2.05) is 12.3 Å². The largest absolute Gasteiger partial charge is 0.375 e. The summed E-state index contributed by atoms with van der Waals surface area (Å²) in [5, 5.41) is 0. The van der Waals surface area contributed by atoms with E-state index in [-0.39, 0.29) is 0 Å². The number of aromatic nitrogens is 1. The number of nitrogens with zero attached hydrogens (tertiary/aromatic N) is 2. The third-order valence-corrected chi connectivity index (χ3v) is 3.17. The summed E-state index contributed by atoms with van der Waals surface area (Å²) < 4.78 is 5.68. The van der Waals surface area contributed by atoms with Gasteiger partial charge in [0, 0.05) is 19.3 Å². The number of nitrogens with two attached hydrogens (primary N) is 1. The molecule has 17 heavy (non-hydrogen) atoms. The van der Waals surface area contributed by atoms with Crippen molar-refractivity contribution in [3.8, 4) is 0 Å². The first kappa shape index (κ1) is 12.3. The molecule has 1 saturated heterocycles. The quantitative estimate of drug-likeness (QED) is 0.852. The molecule has 1 atom stereocenters. The van der Waals surface area contributed by atoms with Crippen LogP contribution in [0.2, 0.25) is 0 Å². The van der Waals surface area contributed by atoms with Crippen molar-refractivity contribution in [2.45, 2.75) is 25.9 Å². The molecule has 0 radical (unpaired) electrons. The maximum Gasteiger partial charge on any atom is 0.131 e. The molecule has 1 aromatic heterocycles. The van der Waals surface area contributed by atoms with Crippen LogP contribution < -0.4 is 10.6 Å². The number of ether oxygens (including phenoxy) is 1. The van der Waals surface area contributed by atoms with Gasteiger partial charge in [-0.1, -0.05) is 13.0 Å². The summed E-state index contributed by atoms with van der Waals surface area (Å²) in [5.74, 6) is 1.08. The van der Waals surface area contributed by atoms with E-state index in [4.69, 9.17) is 10.5 Å². The van der Waals surface area contributed by atoms with E-state index in [9.17, 15) is 0 Å². The number of hydrogen-bond donors (Lipinski definition) is 1. The molecule has 1 aliphatic rings. The van der Waals surface area contributed by atoms with Gasteiger partial charge in [0.15, 0.2) is 0 Å². The minimum Gasteiger partial charge on any atom is -0.375 e. The Labute approximate surface area is 103 Å². The zero-order valence-corrected chi connectivity index (χ0v) is 10.4. The Balaban J connectivity index is 2.15. The standard InChI is InChI=1S/C13H21N3O/c1-2-12-10-16(8-9-17-12)13-11(5-6-14)4-3-7-15-13/h3-4,7,12H,2,5-6,8-10,14H2,1H3. The van der Waals surface area contributed by atoms with E-state index in [1.54, 1.807) is 0 Å². The third kappa shape index (κ3) is 2.96. The third-order valence-electron chi connectivity index (χ3n) is 3.17. The molecule has 1 fully saturated rings. The van der Waals surface area contributed by atoms with Crippen LogP contribution in [0.5, 0.6) is 0 Å². The molecule has 0 aliphatic carbocycles. The Bertz CT molecular complexity index is 356. The monoisotopic (exact) mass is 235 g/mol. The second kappa shape index (κ2) is 5.98. The maximum absolute atomic E-state index is 5.68. The van der Waals surface area contributed by atoms with Crippen LogP contribution in [0.3, 0.4) is 0 Å². The normalized spacial score (nSPS) is 20.6. The van der Waals surface area contributed by atoms with E-state index in [2.05, 4.69) is 22.9 Å². The molecule has 0 spiro atoms. The van der Waals surface area contributed by atoms with Crippen molar-refractivity contribution in [3.05, 3.63) is 23.9 Å². The van der Waals surface area contributed by atoms with Crippen molar-refractivity contribution < 1.29 is 4.74 Å². The summed E-state index contributed by atoms with van der Waals surface area (Å²) in [4.78, 5) is 6.83. The molecule has 1 unspecified atom stereocenters. The Morgan fingerprint density at radius 2 is 2.47 bits per heavy atom. The highest BCUT2D eigenvalue weighted by atomic mass is 16.5. The molecule has 2 rings (SSSR count). The SMILES string of the molecule is CCC1CN(c2ncccc2CCN)CCO1. The fourth-order valence-corrected chi connectivity index (χ4v) is 2.22. The first-order valence-corrected chi connectivity index (χ1v) is 6.35. The number of rotatable bonds is 4. The van der Waals surface area contributed by atoms with Gasteiger partial charge in [0.25, 0.3) is 0 Å². The Kier molecular flexibility index (Phi) is 4.34. The van der Waals surface area contributed by atoms with Gasteiger partial charge in [-0.25, -0.2) is 4.98 Å². The van der Waals surface area contributed by atoms with Crippen molar-refractivity contribution in [2.75, 3.05) is 31.1 Å². The molecular weight excluding hydrogens is 214 g/mol. The highest BCUT2D eigenvalue weighted by Crippen LogP contribution is 2.20. The topological polar surface area (TPSA) is 51.4 Å². The number of hydrogen-bond acceptors (Lipinski definition) is 4. The minimum absolute atomic E-state index is 0.330. The highest BCUT2D eigenvalue weighted by Gasteiger charge is 2.21. The second-order valence-electron chi connectivity index (χ2n) is 4.37. The molecule has 4 nitrogen and oxygen atoms in total. The van der Waals surface area contributed by atoms with Gasteiger partial charge in [-0.3, -0.25) is 0 Å². The smallest absolute Gasteiger partial charge is 0.131 e. The van der Waals surface area contributed by atoms with Crippen molar-refractivity contribution >= 4 is 5.82 Å². The average molecular weight is 235 g/mol. The summed E-state index contributed by atoms with van der Waals surface area (Å²) in [7, 11) is 0. The molecule has 0 saturated carbocycles. The van der Waals surface area contributed by atoms with Crippen molar-refractivity contribution in [3.63, 3.8) is 0 Å². The Hall–Kier alpha value is -1.13. The molecule has 4 heteroatoms. The molecule has 94 valence electrons. The van der Waals surface area contributed by atoms with Crippen LogP contribution in [0.1, 0.15) is 18.9 Å². The maximum atomic E-state index is 5.68. The molecule has 0 aromatic carbocycles. The van der Waals surface area contributed by atoms with Crippen LogP contribution >= 0.6 is 0 Å². The van der Waals surface area contributed by atoms with E-state index in [1.165, 1.54) is 5.56 Å². The van der Waals surface area contributed by atoms with Crippen LogP contribution in [0.15, 0.2) is 18.3 Å². The summed E-state index contributed by atoms with van der Waals surface area (Å²) in [5.41, 5.74) is 6.88. The molecule has 1 aromatic rings. The van der Waals surface area contributed by atoms with Crippen LogP contribution in [-0.2, 0) is 11.2 Å². The lowest BCUT2D eigenvalue weighted by atomic mass is 10.1. The van der Waals surface area contributed by atoms with Gasteiger partial charge in [0.1, 0.15) is 5.82 Å². The highest BCUT2D eigenvalue weighted by molar-refractivity contribution is 5.47. The number of morpholine rings is 1. The first-order valence-electron chi connectivity index (χ1n) is 6.35. The van der Waals surface area contributed by atoms with E-state index < -0.39 is 0 Å². The van der Waals surface area contributed by atoms with Crippen LogP contribution in [0.25, 0.3) is 0 Å². The van der Waals surface area contributed by atoms with Crippen molar-refractivity contribution in [2.24, 2.45) is 5.73 Å². The first-order chi connectivity index (χ1) is 8.35. The van der Waals surface area contributed by atoms with Gasteiger partial charge < -0.3 is 15.4 Å². The van der Waals surface area contributed by atoms with Gasteiger partial charge in [-0.2, -0.15) is 0 Å². The predicted octanol–water partition coefficient (Wildman–Crippen LogP) is 1.20. The number of pyridine rings is 1. The fourth-order valence-electron chi connectivity index (χ4n) is 2.22. The van der Waals surface area contributed by atoms with Gasteiger partial charge in [-0.05, 0) is 31.0 Å². The van der Waals surface area contributed by atoms with Gasteiger partial charge >= 0.3 is 0 Å². The van der Waals surface area contributed by atoms with Gasteiger partial charge in [-0.15, -0.1) is 0 Å². The van der Waals surface area contributed by atoms with E-state index >= 15 is 0 Å². The van der Waals surface area contributed by atoms with Crippen molar-refractivity contribution in [1.82, 2.24) is 4.98 Å². The summed E-state index contributed by atoms with van der Waals surface area (Å²) >= 11 is 0. The lowest BCUT2D eigenvalue weighted by molar-refractivity contribution is 0.0381. The summed E-state index contributed by atoms with van der Waals surface area (Å²) in [6, 6.07) is 4.10. The average Bonchev–Trinajstić information content (AvgIpc) is 2.40. The van der Waals surface area contributed by atoms with Crippen LogP contribution in [-0.4, -0.2) is 37.3 Å². The van der Waals surface area contributed by atoms with E-state index in [0.717, 1.165) is 38.4 Å². The minimum atomic E-state index is 0.330. The zero-order chi connectivity index (χ0) is 12.1. The van der Waals surface area contributed by atoms with E-state index in [0.29, 0.717) is 12.6 Å². The summed E-state index contributed by atoms with van der Waals surface area (Å²) in [6.07, 6.45) is 4.12. The van der Waals surface area contributed by atoms with Crippen LogP contribution in [0.4, 0.5) is 5.82 Å². The zero-order valence-electron chi connectivity index (χ0n) is 10.4. The molecule has 2 heterocycles. The fraction of sp³-hybridized carbons (Fsp3) is 0.615. The summed E-state index contributed by atoms with van der Waals surface area (Å²) in [6.45, 7) is 5.47. The van der Waals surface area contributed by atoms with Gasteiger partial charge in [0.2, 0.25) is 0 Å². The lowest BCUT2D eigenvalue weighted by Crippen LogP contribution is -2.43. The molecule has 2 N–H and O–H groups in total. The van der Waals surface area contributed by atoms with Crippen molar-refractivity contribution in [1.29, 1.82) is 0 Å². The predicted molar refractivity (Wildman–Crippen MR) is 69.2 cm³/mol. The number of anilines is 1. The molecule has 1 aliphatic heterocycles.